The number of carboxylic acid groups (broad SMARTS) is 3. The van der Waals surface area contributed by atoms with Crippen molar-refractivity contribution in [1.82, 2.24) is 14.8 Å². The largest absolute Gasteiger partial charge is 0.490 e. The molecule has 1 aromatic carbocycles. The van der Waals surface area contributed by atoms with E-state index in [0.717, 1.165) is 37.3 Å². The van der Waals surface area contributed by atoms with Crippen molar-refractivity contribution < 1.29 is 78.4 Å². The standard InChI is InChI=1S/C20H23FN4O.3C2HF3O2/c1-23-13-19(26)25(18-3-2-9-22-11-18)15-20(23)8-10-24(14-20)12-16-4-6-17(21)7-5-16;3*3-2(4,5)1(6)7/h2-7,9,11H,8,10,12-15H2,1H3;3*(H,6,7). The number of likely N-dealkylation sites (tertiary alicyclic amines) is 1. The Bertz CT molecular complexity index is 1300. The molecule has 3 N–H and O–H groups in total. The fraction of sp³-hybridized carbons (Fsp3) is 0.423. The third kappa shape index (κ3) is 13.4. The number of alkyl halides is 9. The van der Waals surface area contributed by atoms with Crippen LogP contribution in [0, 0.1) is 5.82 Å². The van der Waals surface area contributed by atoms with Gasteiger partial charge in [-0.3, -0.25) is 19.6 Å². The van der Waals surface area contributed by atoms with Crippen LogP contribution in [0.1, 0.15) is 12.0 Å². The van der Waals surface area contributed by atoms with E-state index in [1.807, 2.05) is 36.2 Å². The zero-order chi connectivity index (χ0) is 36.4. The summed E-state index contributed by atoms with van der Waals surface area (Å²) in [5.74, 6) is -8.36. The summed E-state index contributed by atoms with van der Waals surface area (Å²) in [6.07, 6.45) is -10.8. The molecule has 2 aromatic rings. The van der Waals surface area contributed by atoms with Crippen molar-refractivity contribution in [1.29, 1.82) is 0 Å². The molecule has 2 aliphatic rings. The molecule has 2 aliphatic heterocycles. The number of halogens is 10. The van der Waals surface area contributed by atoms with Gasteiger partial charge in [0.1, 0.15) is 5.82 Å². The van der Waals surface area contributed by atoms with Gasteiger partial charge in [0, 0.05) is 32.4 Å². The Morgan fingerprint density at radius 1 is 0.830 bits per heavy atom. The smallest absolute Gasteiger partial charge is 0.475 e. The number of hydrogen-bond donors (Lipinski definition) is 3. The van der Waals surface area contributed by atoms with Gasteiger partial charge in [-0.15, -0.1) is 0 Å². The van der Waals surface area contributed by atoms with Gasteiger partial charge < -0.3 is 20.2 Å². The van der Waals surface area contributed by atoms with E-state index >= 15 is 0 Å². The van der Waals surface area contributed by atoms with Crippen LogP contribution in [0.3, 0.4) is 0 Å². The monoisotopic (exact) mass is 696 g/mol. The quantitative estimate of drug-likeness (QED) is 0.401. The van der Waals surface area contributed by atoms with Gasteiger partial charge in [-0.2, -0.15) is 39.5 Å². The molecule has 0 radical (unpaired) electrons. The highest BCUT2D eigenvalue weighted by Crippen LogP contribution is 2.33. The van der Waals surface area contributed by atoms with Gasteiger partial charge >= 0.3 is 36.4 Å². The summed E-state index contributed by atoms with van der Waals surface area (Å²) in [6, 6.07) is 10.5. The van der Waals surface area contributed by atoms with Gasteiger partial charge in [-0.05, 0) is 43.3 Å². The van der Waals surface area contributed by atoms with Crippen molar-refractivity contribution >= 4 is 29.5 Å². The Hall–Kier alpha value is -4.53. The van der Waals surface area contributed by atoms with E-state index in [9.17, 15) is 48.7 Å². The number of aromatic nitrogens is 1. The number of aliphatic carboxylic acids is 3. The van der Waals surface area contributed by atoms with Gasteiger partial charge in [0.25, 0.3) is 0 Å². The molecule has 1 atom stereocenters. The summed E-state index contributed by atoms with van der Waals surface area (Å²) in [4.78, 5) is 49.9. The molecule has 1 spiro atoms. The lowest BCUT2D eigenvalue weighted by molar-refractivity contribution is -0.193. The molecule has 21 heteroatoms. The zero-order valence-corrected chi connectivity index (χ0v) is 23.9. The number of carboxylic acids is 3. The first-order valence-electron chi connectivity index (χ1n) is 12.7. The number of hydrogen-bond acceptors (Lipinski definition) is 7. The maximum atomic E-state index is 13.1. The third-order valence-electron chi connectivity index (χ3n) is 6.35. The van der Waals surface area contributed by atoms with Gasteiger partial charge in [0.15, 0.2) is 0 Å². The fourth-order valence-electron chi connectivity index (χ4n) is 4.07. The lowest BCUT2D eigenvalue weighted by Crippen LogP contribution is -2.64. The minimum atomic E-state index is -5.08. The Labute approximate surface area is 258 Å². The molecule has 0 saturated carbocycles. The van der Waals surface area contributed by atoms with Gasteiger partial charge in [-0.1, -0.05) is 12.1 Å². The molecule has 3 heterocycles. The van der Waals surface area contributed by atoms with Crippen LogP contribution in [-0.4, -0.2) is 111 Å². The number of amides is 1. The number of carbonyl (C=O) groups excluding carboxylic acids is 1. The normalized spacial score (nSPS) is 18.6. The van der Waals surface area contributed by atoms with Crippen molar-refractivity contribution in [2.75, 3.05) is 38.1 Å². The first-order chi connectivity index (χ1) is 21.4. The molecule has 2 saturated heterocycles. The SMILES string of the molecule is CN1CC(=O)N(c2cccnc2)CC12CCN(Cc1ccc(F)cc1)C2.O=C(O)C(F)(F)F.O=C(O)C(F)(F)F.O=C(O)C(F)(F)F. The van der Waals surface area contributed by atoms with E-state index < -0.39 is 36.4 Å². The Morgan fingerprint density at radius 3 is 1.70 bits per heavy atom. The molecule has 4 rings (SSSR count). The molecular weight excluding hydrogens is 670 g/mol. The second-order valence-corrected chi connectivity index (χ2v) is 9.77. The molecule has 47 heavy (non-hydrogen) atoms. The Morgan fingerprint density at radius 2 is 1.30 bits per heavy atom. The first kappa shape index (κ1) is 40.5. The van der Waals surface area contributed by atoms with E-state index in [0.29, 0.717) is 13.1 Å². The number of nitrogens with zero attached hydrogens (tertiary/aromatic N) is 4. The highest BCUT2D eigenvalue weighted by molar-refractivity contribution is 5.95. The lowest BCUT2D eigenvalue weighted by atomic mass is 9.92. The summed E-state index contributed by atoms with van der Waals surface area (Å²) in [6.45, 7) is 3.76. The third-order valence-corrected chi connectivity index (χ3v) is 6.35. The van der Waals surface area contributed by atoms with Crippen molar-refractivity contribution in [3.8, 4) is 0 Å². The number of carbonyl (C=O) groups is 4. The summed E-state index contributed by atoms with van der Waals surface area (Å²) < 4.78 is 108. The Kier molecular flexibility index (Phi) is 14.1. The molecule has 1 aromatic heterocycles. The van der Waals surface area contributed by atoms with E-state index in [1.165, 1.54) is 12.1 Å². The molecule has 1 unspecified atom stereocenters. The predicted molar refractivity (Wildman–Crippen MR) is 139 cm³/mol. The minimum Gasteiger partial charge on any atom is -0.475 e. The van der Waals surface area contributed by atoms with Crippen LogP contribution in [0.15, 0.2) is 48.8 Å². The number of pyridine rings is 1. The van der Waals surface area contributed by atoms with Gasteiger partial charge in [-0.25, -0.2) is 18.8 Å². The summed E-state index contributed by atoms with van der Waals surface area (Å²) >= 11 is 0. The molecule has 11 nitrogen and oxygen atoms in total. The minimum absolute atomic E-state index is 0.0518. The number of likely N-dealkylation sites (N-methyl/N-ethyl adjacent to an activating group) is 1. The van der Waals surface area contributed by atoms with Crippen LogP contribution in [0.25, 0.3) is 0 Å². The number of piperazine rings is 1. The molecule has 1 amide bonds. The van der Waals surface area contributed by atoms with E-state index in [-0.39, 0.29) is 17.3 Å². The number of anilines is 1. The van der Waals surface area contributed by atoms with E-state index in [4.69, 9.17) is 29.7 Å². The second kappa shape index (κ2) is 16.3. The molecule has 0 aliphatic carbocycles. The maximum absolute atomic E-state index is 13.1. The van der Waals surface area contributed by atoms with Crippen LogP contribution >= 0.6 is 0 Å². The van der Waals surface area contributed by atoms with E-state index in [2.05, 4.69) is 14.8 Å². The highest BCUT2D eigenvalue weighted by atomic mass is 19.4. The average molecular weight is 696 g/mol. The Balaban J connectivity index is 0.000000430. The van der Waals surface area contributed by atoms with Crippen LogP contribution in [-0.2, 0) is 25.7 Å². The summed E-state index contributed by atoms with van der Waals surface area (Å²) in [5.41, 5.74) is 1.92. The highest BCUT2D eigenvalue weighted by Gasteiger charge is 2.47. The topological polar surface area (TPSA) is 152 Å². The van der Waals surface area contributed by atoms with Gasteiger partial charge in [0.05, 0.1) is 24.0 Å². The van der Waals surface area contributed by atoms with Gasteiger partial charge in [0.2, 0.25) is 5.91 Å². The maximum Gasteiger partial charge on any atom is 0.490 e. The van der Waals surface area contributed by atoms with Crippen LogP contribution < -0.4 is 4.90 Å². The van der Waals surface area contributed by atoms with Crippen molar-refractivity contribution in [2.24, 2.45) is 0 Å². The lowest BCUT2D eigenvalue weighted by Gasteiger charge is -2.46. The summed E-state index contributed by atoms with van der Waals surface area (Å²) in [7, 11) is 2.04. The summed E-state index contributed by atoms with van der Waals surface area (Å²) in [5, 5.41) is 21.4. The fourth-order valence-corrected chi connectivity index (χ4v) is 4.07. The molecular formula is C26H26F10N4O7. The number of benzene rings is 1. The average Bonchev–Trinajstić information content (AvgIpc) is 3.35. The number of rotatable bonds is 3. The van der Waals surface area contributed by atoms with E-state index in [1.54, 1.807) is 12.4 Å². The second-order valence-electron chi connectivity index (χ2n) is 9.77. The first-order valence-corrected chi connectivity index (χ1v) is 12.7. The van der Waals surface area contributed by atoms with Crippen LogP contribution in [0.4, 0.5) is 49.6 Å². The molecule has 0 bridgehead atoms. The van der Waals surface area contributed by atoms with Crippen LogP contribution in [0.2, 0.25) is 0 Å². The molecule has 262 valence electrons. The predicted octanol–water partition coefficient (Wildman–Crippen LogP) is 4.04. The van der Waals surface area contributed by atoms with Crippen LogP contribution in [0.5, 0.6) is 0 Å². The van der Waals surface area contributed by atoms with Crippen molar-refractivity contribution in [2.45, 2.75) is 37.0 Å². The zero-order valence-electron chi connectivity index (χ0n) is 23.9. The van der Waals surface area contributed by atoms with Crippen molar-refractivity contribution in [3.63, 3.8) is 0 Å². The van der Waals surface area contributed by atoms with Crippen molar-refractivity contribution in [3.05, 3.63) is 60.2 Å². The molecule has 2 fully saturated rings.